The van der Waals surface area contributed by atoms with Gasteiger partial charge >= 0.3 is 5.69 Å². The average molecular weight is 212 g/mol. The summed E-state index contributed by atoms with van der Waals surface area (Å²) in [4.78, 5) is 10.4. The molecule has 0 saturated carbocycles. The van der Waals surface area contributed by atoms with Crippen molar-refractivity contribution in [1.82, 2.24) is 9.78 Å². The lowest BCUT2D eigenvalue weighted by Crippen LogP contribution is -2.36. The van der Waals surface area contributed by atoms with Gasteiger partial charge in [0, 0.05) is 6.54 Å². The number of hydrogen-bond acceptors (Lipinski definition) is 4. The van der Waals surface area contributed by atoms with Gasteiger partial charge in [0.1, 0.15) is 11.4 Å². The first-order chi connectivity index (χ1) is 6.81. The fraction of sp³-hybridized carbons (Fsp3) is 0.667. The smallest absolute Gasteiger partial charge is 0.312 e. The molecule has 0 amide bonds. The molecule has 0 bridgehead atoms. The Bertz CT molecular complexity index is 395. The molecule has 0 radical (unpaired) electrons. The van der Waals surface area contributed by atoms with Crippen molar-refractivity contribution in [2.24, 2.45) is 5.73 Å². The zero-order valence-corrected chi connectivity index (χ0v) is 9.44. The minimum absolute atomic E-state index is 0.0801. The van der Waals surface area contributed by atoms with E-state index >= 15 is 0 Å². The Labute approximate surface area is 88.2 Å². The van der Waals surface area contributed by atoms with E-state index in [4.69, 9.17) is 5.73 Å². The van der Waals surface area contributed by atoms with Crippen molar-refractivity contribution in [2.75, 3.05) is 6.54 Å². The third-order valence-corrected chi connectivity index (χ3v) is 2.51. The highest BCUT2D eigenvalue weighted by molar-refractivity contribution is 5.40. The first kappa shape index (κ1) is 11.6. The first-order valence-electron chi connectivity index (χ1n) is 4.72. The van der Waals surface area contributed by atoms with Crippen LogP contribution in [0.15, 0.2) is 0 Å². The zero-order chi connectivity index (χ0) is 11.8. The predicted octanol–water partition coefficient (Wildman–Crippen LogP) is 1.10. The molecular weight excluding hydrogens is 196 g/mol. The number of hydrogen-bond donors (Lipinski definition) is 1. The largest absolute Gasteiger partial charge is 0.328 e. The molecule has 0 aliphatic heterocycles. The van der Waals surface area contributed by atoms with E-state index in [0.717, 1.165) is 0 Å². The maximum absolute atomic E-state index is 10.8. The second-order valence-electron chi connectivity index (χ2n) is 4.20. The van der Waals surface area contributed by atoms with Crippen LogP contribution in [0.5, 0.6) is 0 Å². The molecule has 15 heavy (non-hydrogen) atoms. The minimum Gasteiger partial charge on any atom is -0.328 e. The number of nitro groups is 1. The SMILES string of the molecule is Cc1nn(C(C)(C)CN)c(C)c1[N+](=O)[O-]. The van der Waals surface area contributed by atoms with Gasteiger partial charge in [-0.15, -0.1) is 0 Å². The fourth-order valence-electron chi connectivity index (χ4n) is 1.57. The highest BCUT2D eigenvalue weighted by atomic mass is 16.6. The third-order valence-electron chi connectivity index (χ3n) is 2.51. The lowest BCUT2D eigenvalue weighted by Gasteiger charge is -2.24. The Morgan fingerprint density at radius 1 is 1.53 bits per heavy atom. The summed E-state index contributed by atoms with van der Waals surface area (Å²) in [6, 6.07) is 0. The van der Waals surface area contributed by atoms with E-state index in [2.05, 4.69) is 5.10 Å². The van der Waals surface area contributed by atoms with Crippen LogP contribution in [0, 0.1) is 24.0 Å². The Kier molecular flexibility index (Phi) is 2.81. The maximum Gasteiger partial charge on any atom is 0.312 e. The molecule has 2 N–H and O–H groups in total. The second kappa shape index (κ2) is 3.62. The number of rotatable bonds is 3. The molecule has 0 unspecified atom stereocenters. The van der Waals surface area contributed by atoms with Gasteiger partial charge in [0.15, 0.2) is 0 Å². The van der Waals surface area contributed by atoms with Gasteiger partial charge in [0.2, 0.25) is 0 Å². The Balaban J connectivity index is 3.36. The van der Waals surface area contributed by atoms with Crippen molar-refractivity contribution in [1.29, 1.82) is 0 Å². The standard InChI is InChI=1S/C9H16N4O2/c1-6-8(13(14)15)7(2)12(11-6)9(3,4)5-10/h5,10H2,1-4H3. The van der Waals surface area contributed by atoms with Gasteiger partial charge in [-0.1, -0.05) is 0 Å². The minimum atomic E-state index is -0.402. The molecule has 0 aliphatic carbocycles. The van der Waals surface area contributed by atoms with E-state index in [1.807, 2.05) is 13.8 Å². The van der Waals surface area contributed by atoms with Crippen LogP contribution in [0.1, 0.15) is 25.2 Å². The summed E-state index contributed by atoms with van der Waals surface area (Å²) >= 11 is 0. The van der Waals surface area contributed by atoms with Gasteiger partial charge in [-0.3, -0.25) is 14.8 Å². The van der Waals surface area contributed by atoms with Crippen LogP contribution in [0.4, 0.5) is 5.69 Å². The number of nitrogens with zero attached hydrogens (tertiary/aromatic N) is 3. The summed E-state index contributed by atoms with van der Waals surface area (Å²) in [5, 5.41) is 15.0. The van der Waals surface area contributed by atoms with Gasteiger partial charge in [-0.05, 0) is 27.7 Å². The Morgan fingerprint density at radius 3 is 2.40 bits per heavy atom. The first-order valence-corrected chi connectivity index (χ1v) is 4.72. The molecule has 0 atom stereocenters. The second-order valence-corrected chi connectivity index (χ2v) is 4.20. The molecule has 0 aliphatic rings. The van der Waals surface area contributed by atoms with Crippen molar-refractivity contribution < 1.29 is 4.92 Å². The lowest BCUT2D eigenvalue weighted by atomic mass is 10.1. The van der Waals surface area contributed by atoms with Gasteiger partial charge in [0.05, 0.1) is 10.5 Å². The molecule has 6 nitrogen and oxygen atoms in total. The van der Waals surface area contributed by atoms with E-state index in [1.54, 1.807) is 18.5 Å². The van der Waals surface area contributed by atoms with Crippen molar-refractivity contribution in [3.8, 4) is 0 Å². The normalized spacial score (nSPS) is 11.8. The topological polar surface area (TPSA) is 87.0 Å². The van der Waals surface area contributed by atoms with Crippen LogP contribution in [0.3, 0.4) is 0 Å². The van der Waals surface area contributed by atoms with Crippen LogP contribution in [0.2, 0.25) is 0 Å². The highest BCUT2D eigenvalue weighted by Gasteiger charge is 2.29. The molecule has 1 aromatic rings. The van der Waals surface area contributed by atoms with Crippen LogP contribution in [-0.2, 0) is 5.54 Å². The summed E-state index contributed by atoms with van der Waals surface area (Å²) in [7, 11) is 0. The fourth-order valence-corrected chi connectivity index (χ4v) is 1.57. The van der Waals surface area contributed by atoms with Crippen LogP contribution in [0.25, 0.3) is 0 Å². The third kappa shape index (κ3) is 1.85. The van der Waals surface area contributed by atoms with E-state index in [1.165, 1.54) is 0 Å². The summed E-state index contributed by atoms with van der Waals surface area (Å²) < 4.78 is 1.63. The van der Waals surface area contributed by atoms with Crippen LogP contribution >= 0.6 is 0 Å². The van der Waals surface area contributed by atoms with Crippen molar-refractivity contribution in [3.05, 3.63) is 21.5 Å². The predicted molar refractivity (Wildman–Crippen MR) is 56.7 cm³/mol. The van der Waals surface area contributed by atoms with Gasteiger partial charge in [-0.2, -0.15) is 5.10 Å². The van der Waals surface area contributed by atoms with Gasteiger partial charge < -0.3 is 5.73 Å². The van der Waals surface area contributed by atoms with Gasteiger partial charge in [0.25, 0.3) is 0 Å². The summed E-state index contributed by atoms with van der Waals surface area (Å²) in [6.07, 6.45) is 0. The molecule has 0 spiro atoms. The monoisotopic (exact) mass is 212 g/mol. The van der Waals surface area contributed by atoms with E-state index < -0.39 is 10.5 Å². The molecular formula is C9H16N4O2. The van der Waals surface area contributed by atoms with Crippen molar-refractivity contribution in [2.45, 2.75) is 33.2 Å². The average Bonchev–Trinajstić information content (AvgIpc) is 2.42. The van der Waals surface area contributed by atoms with Crippen molar-refractivity contribution in [3.63, 3.8) is 0 Å². The number of aromatic nitrogens is 2. The molecule has 0 aromatic carbocycles. The molecule has 84 valence electrons. The molecule has 1 aromatic heterocycles. The maximum atomic E-state index is 10.8. The highest BCUT2D eigenvalue weighted by Crippen LogP contribution is 2.26. The molecule has 0 fully saturated rings. The van der Waals surface area contributed by atoms with E-state index in [0.29, 0.717) is 17.9 Å². The Hall–Kier alpha value is -1.43. The molecule has 0 saturated heterocycles. The molecule has 1 heterocycles. The summed E-state index contributed by atoms with van der Waals surface area (Å²) in [5.74, 6) is 0. The lowest BCUT2D eigenvalue weighted by molar-refractivity contribution is -0.386. The quantitative estimate of drug-likeness (QED) is 0.600. The van der Waals surface area contributed by atoms with E-state index in [9.17, 15) is 10.1 Å². The van der Waals surface area contributed by atoms with Crippen LogP contribution < -0.4 is 5.73 Å². The zero-order valence-electron chi connectivity index (χ0n) is 9.44. The summed E-state index contributed by atoms with van der Waals surface area (Å²) in [5.41, 5.74) is 6.27. The number of aryl methyl sites for hydroxylation is 1. The van der Waals surface area contributed by atoms with Crippen LogP contribution in [-0.4, -0.2) is 21.2 Å². The number of nitrogens with two attached hydrogens (primary N) is 1. The molecule has 1 rings (SSSR count). The van der Waals surface area contributed by atoms with Crippen molar-refractivity contribution >= 4 is 5.69 Å². The van der Waals surface area contributed by atoms with E-state index in [-0.39, 0.29) is 5.69 Å². The van der Waals surface area contributed by atoms with Gasteiger partial charge in [-0.25, -0.2) is 0 Å². The molecule has 6 heteroatoms. The Morgan fingerprint density at radius 2 is 2.07 bits per heavy atom. The summed E-state index contributed by atoms with van der Waals surface area (Å²) in [6.45, 7) is 7.50.